The molecule has 0 bridgehead atoms. The van der Waals surface area contributed by atoms with Crippen molar-refractivity contribution in [1.82, 2.24) is 14.5 Å². The number of halogens is 1. The van der Waals surface area contributed by atoms with Gasteiger partial charge in [-0.1, -0.05) is 0 Å². The van der Waals surface area contributed by atoms with E-state index in [9.17, 15) is 4.79 Å². The fraction of sp³-hybridized carbons (Fsp3) is 0.308. The number of carbonyl (C=O) groups is 1. The SMILES string of the molecule is Cc1nccn1-c1ccc(NC(=O)CCCCl)cn1. The third-order valence-corrected chi connectivity index (χ3v) is 2.91. The van der Waals surface area contributed by atoms with E-state index in [-0.39, 0.29) is 5.91 Å². The Bertz CT molecular complexity index is 550. The summed E-state index contributed by atoms with van der Waals surface area (Å²) in [6.45, 7) is 1.91. The number of nitrogens with one attached hydrogen (secondary N) is 1. The molecule has 2 heterocycles. The van der Waals surface area contributed by atoms with Crippen molar-refractivity contribution >= 4 is 23.2 Å². The zero-order chi connectivity index (χ0) is 13.7. The summed E-state index contributed by atoms with van der Waals surface area (Å²) in [5.74, 6) is 2.08. The highest BCUT2D eigenvalue weighted by atomic mass is 35.5. The summed E-state index contributed by atoms with van der Waals surface area (Å²) < 4.78 is 1.87. The van der Waals surface area contributed by atoms with E-state index in [1.807, 2.05) is 29.8 Å². The lowest BCUT2D eigenvalue weighted by atomic mass is 10.3. The molecule has 1 amide bonds. The maximum absolute atomic E-state index is 11.5. The van der Waals surface area contributed by atoms with Crippen molar-refractivity contribution in [3.8, 4) is 5.82 Å². The molecule has 0 radical (unpaired) electrons. The highest BCUT2D eigenvalue weighted by Gasteiger charge is 2.04. The minimum Gasteiger partial charge on any atom is -0.325 e. The molecule has 0 aliphatic carbocycles. The standard InChI is InChI=1S/C13H15ClN4O/c1-10-15-7-8-18(10)12-5-4-11(9-16-12)17-13(19)3-2-6-14/h4-5,7-9H,2-3,6H2,1H3,(H,17,19). The van der Waals surface area contributed by atoms with Gasteiger partial charge in [0.05, 0.1) is 11.9 Å². The number of imidazole rings is 1. The predicted molar refractivity (Wildman–Crippen MR) is 74.7 cm³/mol. The van der Waals surface area contributed by atoms with Gasteiger partial charge in [-0.15, -0.1) is 11.6 Å². The molecule has 0 saturated carbocycles. The van der Waals surface area contributed by atoms with Crippen LogP contribution in [0.4, 0.5) is 5.69 Å². The highest BCUT2D eigenvalue weighted by Crippen LogP contribution is 2.11. The molecule has 2 aromatic heterocycles. The van der Waals surface area contributed by atoms with Crippen molar-refractivity contribution < 1.29 is 4.79 Å². The molecular weight excluding hydrogens is 264 g/mol. The smallest absolute Gasteiger partial charge is 0.224 e. The van der Waals surface area contributed by atoms with Crippen molar-refractivity contribution in [2.45, 2.75) is 19.8 Å². The number of nitrogens with zero attached hydrogens (tertiary/aromatic N) is 3. The topological polar surface area (TPSA) is 59.8 Å². The fourth-order valence-corrected chi connectivity index (χ4v) is 1.81. The highest BCUT2D eigenvalue weighted by molar-refractivity contribution is 6.18. The number of amides is 1. The molecule has 0 atom stereocenters. The van der Waals surface area contributed by atoms with Crippen molar-refractivity contribution in [2.75, 3.05) is 11.2 Å². The third-order valence-electron chi connectivity index (χ3n) is 2.64. The summed E-state index contributed by atoms with van der Waals surface area (Å²) >= 11 is 5.54. The molecule has 0 aliphatic heterocycles. The van der Waals surface area contributed by atoms with Crippen LogP contribution in [0.1, 0.15) is 18.7 Å². The van der Waals surface area contributed by atoms with Crippen LogP contribution in [0.2, 0.25) is 0 Å². The Balaban J connectivity index is 2.03. The summed E-state index contributed by atoms with van der Waals surface area (Å²) in [5.41, 5.74) is 0.682. The number of rotatable bonds is 5. The van der Waals surface area contributed by atoms with E-state index in [0.717, 1.165) is 11.6 Å². The lowest BCUT2D eigenvalue weighted by Crippen LogP contribution is -2.11. The molecule has 0 unspecified atom stereocenters. The van der Waals surface area contributed by atoms with Gasteiger partial charge in [-0.05, 0) is 25.5 Å². The van der Waals surface area contributed by atoms with Gasteiger partial charge in [-0.3, -0.25) is 9.36 Å². The number of aromatic nitrogens is 3. The summed E-state index contributed by atoms with van der Waals surface area (Å²) in [6, 6.07) is 3.66. The second-order valence-corrected chi connectivity index (χ2v) is 4.47. The van der Waals surface area contributed by atoms with Crippen LogP contribution < -0.4 is 5.32 Å². The number of alkyl halides is 1. The van der Waals surface area contributed by atoms with Crippen molar-refractivity contribution in [2.24, 2.45) is 0 Å². The Morgan fingerprint density at radius 2 is 2.26 bits per heavy atom. The van der Waals surface area contributed by atoms with Gasteiger partial charge < -0.3 is 5.32 Å². The maximum atomic E-state index is 11.5. The number of hydrogen-bond acceptors (Lipinski definition) is 3. The van der Waals surface area contributed by atoms with Crippen LogP contribution in [-0.2, 0) is 4.79 Å². The summed E-state index contributed by atoms with van der Waals surface area (Å²) in [5, 5.41) is 2.78. The minimum atomic E-state index is -0.0472. The van der Waals surface area contributed by atoms with E-state index < -0.39 is 0 Å². The molecule has 0 fully saturated rings. The first kappa shape index (κ1) is 13.5. The molecule has 1 N–H and O–H groups in total. The van der Waals surface area contributed by atoms with Gasteiger partial charge in [-0.25, -0.2) is 9.97 Å². The van der Waals surface area contributed by atoms with E-state index in [1.165, 1.54) is 0 Å². The van der Waals surface area contributed by atoms with Gasteiger partial charge >= 0.3 is 0 Å². The average Bonchev–Trinajstić information content (AvgIpc) is 2.83. The number of hydrogen-bond donors (Lipinski definition) is 1. The maximum Gasteiger partial charge on any atom is 0.224 e. The van der Waals surface area contributed by atoms with Crippen molar-refractivity contribution in [1.29, 1.82) is 0 Å². The zero-order valence-corrected chi connectivity index (χ0v) is 11.4. The normalized spacial score (nSPS) is 10.4. The van der Waals surface area contributed by atoms with Crippen LogP contribution in [-0.4, -0.2) is 26.3 Å². The van der Waals surface area contributed by atoms with Gasteiger partial charge in [-0.2, -0.15) is 0 Å². The van der Waals surface area contributed by atoms with E-state index in [2.05, 4.69) is 15.3 Å². The predicted octanol–water partition coefficient (Wildman–Crippen LogP) is 2.53. The Morgan fingerprint density at radius 3 is 2.84 bits per heavy atom. The largest absolute Gasteiger partial charge is 0.325 e. The minimum absolute atomic E-state index is 0.0472. The van der Waals surface area contributed by atoms with E-state index >= 15 is 0 Å². The molecule has 19 heavy (non-hydrogen) atoms. The number of carbonyl (C=O) groups excluding carboxylic acids is 1. The van der Waals surface area contributed by atoms with E-state index in [4.69, 9.17) is 11.6 Å². The second kappa shape index (κ2) is 6.33. The monoisotopic (exact) mass is 278 g/mol. The average molecular weight is 279 g/mol. The quantitative estimate of drug-likeness (QED) is 0.855. The Kier molecular flexibility index (Phi) is 4.52. The molecule has 2 aromatic rings. The van der Waals surface area contributed by atoms with Crippen molar-refractivity contribution in [3.05, 3.63) is 36.5 Å². The van der Waals surface area contributed by atoms with Crippen LogP contribution in [0.25, 0.3) is 5.82 Å². The number of pyridine rings is 1. The number of aryl methyl sites for hydroxylation is 1. The zero-order valence-electron chi connectivity index (χ0n) is 10.6. The summed E-state index contributed by atoms with van der Waals surface area (Å²) in [4.78, 5) is 20.0. The van der Waals surface area contributed by atoms with Crippen LogP contribution in [0.3, 0.4) is 0 Å². The molecule has 0 saturated heterocycles. The van der Waals surface area contributed by atoms with E-state index in [1.54, 1.807) is 12.4 Å². The Hall–Kier alpha value is -1.88. The molecule has 6 heteroatoms. The first-order valence-electron chi connectivity index (χ1n) is 6.03. The van der Waals surface area contributed by atoms with Gasteiger partial charge in [0.2, 0.25) is 5.91 Å². The molecule has 0 spiro atoms. The third kappa shape index (κ3) is 3.54. The van der Waals surface area contributed by atoms with Crippen LogP contribution in [0, 0.1) is 6.92 Å². The summed E-state index contributed by atoms with van der Waals surface area (Å²) in [6.07, 6.45) is 6.29. The fourth-order valence-electron chi connectivity index (χ4n) is 1.67. The molecule has 0 aromatic carbocycles. The van der Waals surface area contributed by atoms with Gasteiger partial charge in [0, 0.05) is 24.7 Å². The number of anilines is 1. The second-order valence-electron chi connectivity index (χ2n) is 4.09. The molecule has 2 rings (SSSR count). The van der Waals surface area contributed by atoms with Gasteiger partial charge in [0.25, 0.3) is 0 Å². The molecular formula is C13H15ClN4O. The first-order valence-corrected chi connectivity index (χ1v) is 6.56. The van der Waals surface area contributed by atoms with Crippen molar-refractivity contribution in [3.63, 3.8) is 0 Å². The van der Waals surface area contributed by atoms with Gasteiger partial charge in [0.1, 0.15) is 11.6 Å². The molecule has 5 nitrogen and oxygen atoms in total. The Labute approximate surface area is 116 Å². The van der Waals surface area contributed by atoms with Crippen LogP contribution in [0.15, 0.2) is 30.7 Å². The van der Waals surface area contributed by atoms with Crippen LogP contribution >= 0.6 is 11.6 Å². The Morgan fingerprint density at radius 1 is 1.42 bits per heavy atom. The lowest BCUT2D eigenvalue weighted by Gasteiger charge is -2.07. The molecule has 0 aliphatic rings. The van der Waals surface area contributed by atoms with Crippen LogP contribution in [0.5, 0.6) is 0 Å². The molecule has 100 valence electrons. The lowest BCUT2D eigenvalue weighted by molar-refractivity contribution is -0.116. The van der Waals surface area contributed by atoms with E-state index in [0.29, 0.717) is 24.4 Å². The van der Waals surface area contributed by atoms with Gasteiger partial charge in [0.15, 0.2) is 0 Å². The first-order chi connectivity index (χ1) is 9.20. The summed E-state index contributed by atoms with van der Waals surface area (Å²) in [7, 11) is 0.